The van der Waals surface area contributed by atoms with Gasteiger partial charge in [-0.1, -0.05) is 0 Å². The highest BCUT2D eigenvalue weighted by Gasteiger charge is 2.30. The molecule has 24 heavy (non-hydrogen) atoms. The molecule has 0 fully saturated rings. The second-order valence-electron chi connectivity index (χ2n) is 6.09. The van der Waals surface area contributed by atoms with Crippen molar-refractivity contribution in [1.82, 2.24) is 15.0 Å². The number of imidazole rings is 1. The van der Waals surface area contributed by atoms with Gasteiger partial charge >= 0.3 is 0 Å². The van der Waals surface area contributed by atoms with Crippen LogP contribution in [0.2, 0.25) is 0 Å². The Kier molecular flexibility index (Phi) is 3.84. The van der Waals surface area contributed by atoms with Crippen LogP contribution >= 0.6 is 0 Å². The lowest BCUT2D eigenvalue weighted by Crippen LogP contribution is -2.18. The first-order valence-electron chi connectivity index (χ1n) is 8.06. The molecule has 3 aromatic rings. The molecule has 1 aliphatic rings. The summed E-state index contributed by atoms with van der Waals surface area (Å²) in [6, 6.07) is 7.64. The van der Waals surface area contributed by atoms with Gasteiger partial charge in [0.2, 0.25) is 0 Å². The Balaban J connectivity index is 1.73. The largest absolute Gasteiger partial charge is 0.497 e. The zero-order chi connectivity index (χ0) is 16.7. The first-order valence-corrected chi connectivity index (χ1v) is 9.27. The maximum atomic E-state index is 13.1. The number of H-pyrrole nitrogens is 1. The Morgan fingerprint density at radius 3 is 3.04 bits per heavy atom. The third-order valence-corrected chi connectivity index (χ3v) is 6.19. The number of rotatable bonds is 3. The van der Waals surface area contributed by atoms with Crippen LogP contribution < -0.4 is 4.74 Å². The van der Waals surface area contributed by atoms with Crippen LogP contribution in [0.5, 0.6) is 5.75 Å². The lowest BCUT2D eigenvalue weighted by Gasteiger charge is -2.24. The molecular weight excluding hydrogens is 322 g/mol. The number of nitrogens with zero attached hydrogens (tertiary/aromatic N) is 2. The number of methoxy groups -OCH3 is 1. The summed E-state index contributed by atoms with van der Waals surface area (Å²) in [4.78, 5) is 12.2. The molecule has 0 amide bonds. The fourth-order valence-electron chi connectivity index (χ4n) is 3.34. The van der Waals surface area contributed by atoms with Gasteiger partial charge in [0.1, 0.15) is 5.75 Å². The molecule has 1 N–H and O–H groups in total. The van der Waals surface area contributed by atoms with Crippen molar-refractivity contribution >= 4 is 21.8 Å². The van der Waals surface area contributed by atoms with E-state index in [1.807, 2.05) is 30.5 Å². The molecule has 2 aromatic heterocycles. The fourth-order valence-corrected chi connectivity index (χ4v) is 4.80. The summed E-state index contributed by atoms with van der Waals surface area (Å²) in [5, 5.41) is 0.413. The van der Waals surface area contributed by atoms with Gasteiger partial charge in [-0.3, -0.25) is 9.19 Å². The van der Waals surface area contributed by atoms with Gasteiger partial charge in [0, 0.05) is 12.3 Å². The molecule has 0 saturated carbocycles. The molecule has 1 aliphatic carbocycles. The predicted molar refractivity (Wildman–Crippen MR) is 93.7 cm³/mol. The minimum Gasteiger partial charge on any atom is -0.497 e. The summed E-state index contributed by atoms with van der Waals surface area (Å²) in [5.74, 6) is 0.754. The van der Waals surface area contributed by atoms with E-state index in [1.54, 1.807) is 7.11 Å². The van der Waals surface area contributed by atoms with Crippen molar-refractivity contribution in [2.24, 2.45) is 0 Å². The average Bonchev–Trinajstić information content (AvgIpc) is 3.04. The highest BCUT2D eigenvalue weighted by Crippen LogP contribution is 2.36. The Labute approximate surface area is 142 Å². The number of ether oxygens (including phenoxy) is 1. The molecule has 0 bridgehead atoms. The number of fused-ring (bicyclic) bond motifs is 2. The van der Waals surface area contributed by atoms with Gasteiger partial charge in [0.05, 0.1) is 39.9 Å². The number of nitrogens with one attached hydrogen (secondary N) is 1. The van der Waals surface area contributed by atoms with Crippen LogP contribution in [-0.4, -0.2) is 26.3 Å². The summed E-state index contributed by atoms with van der Waals surface area (Å²) in [6.45, 7) is 2.10. The van der Waals surface area contributed by atoms with Gasteiger partial charge in [-0.25, -0.2) is 4.98 Å². The van der Waals surface area contributed by atoms with E-state index in [2.05, 4.69) is 21.9 Å². The van der Waals surface area contributed by atoms with E-state index in [-0.39, 0.29) is 5.25 Å². The summed E-state index contributed by atoms with van der Waals surface area (Å²) in [7, 11) is 0.378. The number of aromatic nitrogens is 3. The van der Waals surface area contributed by atoms with Crippen molar-refractivity contribution in [2.75, 3.05) is 7.11 Å². The van der Waals surface area contributed by atoms with E-state index >= 15 is 0 Å². The lowest BCUT2D eigenvalue weighted by atomic mass is 9.92. The maximum Gasteiger partial charge on any atom is 0.198 e. The minimum absolute atomic E-state index is 0.101. The van der Waals surface area contributed by atoms with Gasteiger partial charge < -0.3 is 9.72 Å². The zero-order valence-electron chi connectivity index (χ0n) is 13.7. The van der Waals surface area contributed by atoms with E-state index in [4.69, 9.17) is 4.74 Å². The highest BCUT2D eigenvalue weighted by atomic mass is 32.2. The smallest absolute Gasteiger partial charge is 0.198 e. The molecule has 0 spiro atoms. The topological polar surface area (TPSA) is 67.9 Å². The van der Waals surface area contributed by atoms with Crippen molar-refractivity contribution < 1.29 is 8.95 Å². The van der Waals surface area contributed by atoms with Crippen molar-refractivity contribution in [3.63, 3.8) is 0 Å². The van der Waals surface area contributed by atoms with E-state index in [0.29, 0.717) is 5.16 Å². The van der Waals surface area contributed by atoms with Crippen LogP contribution in [0.3, 0.4) is 0 Å². The van der Waals surface area contributed by atoms with Crippen molar-refractivity contribution in [1.29, 1.82) is 0 Å². The second-order valence-corrected chi connectivity index (χ2v) is 7.65. The van der Waals surface area contributed by atoms with E-state index < -0.39 is 10.8 Å². The Morgan fingerprint density at radius 1 is 1.33 bits per heavy atom. The first-order chi connectivity index (χ1) is 11.7. The maximum absolute atomic E-state index is 13.1. The first kappa shape index (κ1) is 15.3. The number of hydrogen-bond acceptors (Lipinski definition) is 4. The second kappa shape index (κ2) is 6.02. The minimum atomic E-state index is -1.25. The summed E-state index contributed by atoms with van der Waals surface area (Å²) in [5.41, 5.74) is 5.09. The van der Waals surface area contributed by atoms with Crippen LogP contribution in [0.25, 0.3) is 11.0 Å². The van der Waals surface area contributed by atoms with Crippen molar-refractivity contribution in [2.45, 2.75) is 36.6 Å². The summed E-state index contributed by atoms with van der Waals surface area (Å²) in [6.07, 6.45) is 4.73. The van der Waals surface area contributed by atoms with Crippen molar-refractivity contribution in [3.05, 3.63) is 47.3 Å². The van der Waals surface area contributed by atoms with Crippen LogP contribution in [0.1, 0.15) is 34.9 Å². The van der Waals surface area contributed by atoms with Crippen LogP contribution in [0.4, 0.5) is 0 Å². The Hall–Kier alpha value is -2.21. The molecule has 124 valence electrons. The Bertz CT molecular complexity index is 935. The van der Waals surface area contributed by atoms with Crippen LogP contribution in [-0.2, 0) is 17.2 Å². The van der Waals surface area contributed by atoms with Gasteiger partial charge in [0.25, 0.3) is 0 Å². The molecule has 2 heterocycles. The van der Waals surface area contributed by atoms with Gasteiger partial charge in [0.15, 0.2) is 5.16 Å². The molecular formula is C18H19N3O2S. The van der Waals surface area contributed by atoms with Crippen molar-refractivity contribution in [3.8, 4) is 5.75 Å². The average molecular weight is 341 g/mol. The number of hydrogen-bond donors (Lipinski definition) is 1. The number of aryl methyl sites for hydroxylation is 1. The molecule has 2 unspecified atom stereocenters. The molecule has 2 atom stereocenters. The highest BCUT2D eigenvalue weighted by molar-refractivity contribution is 7.85. The summed E-state index contributed by atoms with van der Waals surface area (Å²) >= 11 is 0. The molecule has 1 aromatic carbocycles. The number of pyridine rings is 1. The quantitative estimate of drug-likeness (QED) is 0.792. The van der Waals surface area contributed by atoms with Crippen LogP contribution in [0.15, 0.2) is 35.6 Å². The third-order valence-electron chi connectivity index (χ3n) is 4.64. The number of benzene rings is 1. The Morgan fingerprint density at radius 2 is 2.21 bits per heavy atom. The SMILES string of the molecule is COc1ccc2nc(S(=O)C3CCCc4c(C)ccnc43)[nH]c2c1. The predicted octanol–water partition coefficient (Wildman–Crippen LogP) is 3.46. The van der Waals surface area contributed by atoms with E-state index in [0.717, 1.165) is 41.7 Å². The lowest BCUT2D eigenvalue weighted by molar-refractivity contribution is 0.415. The zero-order valence-corrected chi connectivity index (χ0v) is 14.5. The molecule has 5 nitrogen and oxygen atoms in total. The standard InChI is InChI=1S/C18H19N3O2S/c1-11-8-9-19-17-13(11)4-3-5-16(17)24(22)18-20-14-7-6-12(23-2)10-15(14)21-18/h6-10,16H,3-5H2,1-2H3,(H,20,21). The fraction of sp³-hybridized carbons (Fsp3) is 0.333. The number of aromatic amines is 1. The molecule has 0 saturated heterocycles. The van der Waals surface area contributed by atoms with Gasteiger partial charge in [-0.15, -0.1) is 0 Å². The molecule has 4 rings (SSSR count). The monoisotopic (exact) mass is 341 g/mol. The summed E-state index contributed by atoms with van der Waals surface area (Å²) < 4.78 is 18.4. The normalized spacial score (nSPS) is 18.3. The van der Waals surface area contributed by atoms with Crippen LogP contribution in [0, 0.1) is 6.92 Å². The molecule has 0 aliphatic heterocycles. The third kappa shape index (κ3) is 2.51. The van der Waals surface area contributed by atoms with E-state index in [9.17, 15) is 4.21 Å². The van der Waals surface area contributed by atoms with Gasteiger partial charge in [-0.2, -0.15) is 0 Å². The van der Waals surface area contributed by atoms with Gasteiger partial charge in [-0.05, 0) is 55.5 Å². The molecule has 6 heteroatoms. The van der Waals surface area contributed by atoms with E-state index in [1.165, 1.54) is 11.1 Å². The molecule has 0 radical (unpaired) electrons.